The van der Waals surface area contributed by atoms with E-state index >= 15 is 0 Å². The first-order valence-electron chi connectivity index (χ1n) is 4.84. The van der Waals surface area contributed by atoms with E-state index in [9.17, 15) is 0 Å². The molecular weight excluding hydrogens is 186 g/mol. The molecule has 0 aliphatic carbocycles. The van der Waals surface area contributed by atoms with Crippen LogP contribution in [0.15, 0.2) is 36.7 Å². The van der Waals surface area contributed by atoms with Gasteiger partial charge in [-0.3, -0.25) is 10.4 Å². The van der Waals surface area contributed by atoms with Crippen LogP contribution >= 0.6 is 0 Å². The molecule has 2 rings (SSSR count). The van der Waals surface area contributed by atoms with Gasteiger partial charge in [0.25, 0.3) is 0 Å². The summed E-state index contributed by atoms with van der Waals surface area (Å²) in [5.41, 5.74) is 3.37. The fourth-order valence-corrected chi connectivity index (χ4v) is 1.43. The lowest BCUT2D eigenvalue weighted by Gasteiger charge is -2.07. The normalized spacial score (nSPS) is 10.3. The van der Waals surface area contributed by atoms with E-state index in [1.165, 1.54) is 0 Å². The number of nitrogens with zero attached hydrogens (tertiary/aromatic N) is 2. The van der Waals surface area contributed by atoms with E-state index in [0.717, 1.165) is 16.9 Å². The molecule has 0 bridgehead atoms. The molecule has 0 atom stereocenters. The smallest absolute Gasteiger partial charge is 0.132 e. The van der Waals surface area contributed by atoms with Crippen LogP contribution in [0.4, 0.5) is 0 Å². The second-order valence-corrected chi connectivity index (χ2v) is 3.57. The van der Waals surface area contributed by atoms with Crippen molar-refractivity contribution in [1.29, 1.82) is 5.41 Å². The third-order valence-electron chi connectivity index (χ3n) is 2.37. The largest absolute Gasteiger partial charge is 0.301 e. The molecule has 3 heteroatoms. The van der Waals surface area contributed by atoms with Gasteiger partial charge >= 0.3 is 0 Å². The third kappa shape index (κ3) is 1.81. The Morgan fingerprint density at radius 2 is 2.00 bits per heavy atom. The predicted molar refractivity (Wildman–Crippen MR) is 58.9 cm³/mol. The molecule has 0 unspecified atom stereocenters. The quantitative estimate of drug-likeness (QED) is 0.749. The maximum absolute atomic E-state index is 7.92. The van der Waals surface area contributed by atoms with Crippen molar-refractivity contribution in [2.75, 3.05) is 0 Å². The summed E-state index contributed by atoms with van der Waals surface area (Å²) in [5.74, 6) is 0. The standard InChI is InChI=1S/C12H13N3/c1-9-4-3-7-15(12(9)13)11-6-5-10(2)14-8-11/h3-8,13H,1-2H3. The first-order valence-corrected chi connectivity index (χ1v) is 4.84. The Balaban J connectivity index is 2.59. The molecule has 0 aliphatic heterocycles. The van der Waals surface area contributed by atoms with Crippen molar-refractivity contribution in [2.45, 2.75) is 13.8 Å². The van der Waals surface area contributed by atoms with Gasteiger partial charge in [-0.05, 0) is 37.6 Å². The Hall–Kier alpha value is -1.90. The highest BCUT2D eigenvalue weighted by Crippen LogP contribution is 2.04. The summed E-state index contributed by atoms with van der Waals surface area (Å²) in [5, 5.41) is 7.92. The molecular formula is C12H13N3. The molecule has 2 heterocycles. The Morgan fingerprint density at radius 1 is 1.20 bits per heavy atom. The zero-order valence-electron chi connectivity index (χ0n) is 8.86. The van der Waals surface area contributed by atoms with Crippen molar-refractivity contribution in [3.05, 3.63) is 53.4 Å². The molecule has 2 aromatic heterocycles. The minimum absolute atomic E-state index is 0.503. The zero-order valence-corrected chi connectivity index (χ0v) is 8.86. The Labute approximate surface area is 88.6 Å². The number of hydrogen-bond donors (Lipinski definition) is 1. The number of aryl methyl sites for hydroxylation is 2. The van der Waals surface area contributed by atoms with Crippen LogP contribution < -0.4 is 5.49 Å². The van der Waals surface area contributed by atoms with E-state index in [1.807, 2.05) is 48.9 Å². The SMILES string of the molecule is Cc1ccc(-n2cccc(C)c2=N)cn1. The minimum Gasteiger partial charge on any atom is -0.301 e. The van der Waals surface area contributed by atoms with Gasteiger partial charge in [0.15, 0.2) is 0 Å². The van der Waals surface area contributed by atoms with Crippen molar-refractivity contribution < 1.29 is 0 Å². The molecule has 3 nitrogen and oxygen atoms in total. The topological polar surface area (TPSA) is 41.7 Å². The molecule has 0 radical (unpaired) electrons. The zero-order chi connectivity index (χ0) is 10.8. The summed E-state index contributed by atoms with van der Waals surface area (Å²) in [6.07, 6.45) is 3.66. The van der Waals surface area contributed by atoms with Gasteiger partial charge in [0, 0.05) is 11.9 Å². The highest BCUT2D eigenvalue weighted by atomic mass is 15.0. The van der Waals surface area contributed by atoms with Crippen molar-refractivity contribution >= 4 is 0 Å². The minimum atomic E-state index is 0.503. The second-order valence-electron chi connectivity index (χ2n) is 3.57. The van der Waals surface area contributed by atoms with E-state index in [0.29, 0.717) is 5.49 Å². The first-order chi connectivity index (χ1) is 7.18. The molecule has 0 saturated heterocycles. The van der Waals surface area contributed by atoms with Gasteiger partial charge in [-0.1, -0.05) is 6.07 Å². The second kappa shape index (κ2) is 3.69. The van der Waals surface area contributed by atoms with Crippen molar-refractivity contribution in [3.63, 3.8) is 0 Å². The maximum atomic E-state index is 7.92. The highest BCUT2D eigenvalue weighted by molar-refractivity contribution is 5.30. The molecule has 0 aromatic carbocycles. The van der Waals surface area contributed by atoms with E-state index in [-0.39, 0.29) is 0 Å². The third-order valence-corrected chi connectivity index (χ3v) is 2.37. The van der Waals surface area contributed by atoms with Crippen LogP contribution in [0.1, 0.15) is 11.3 Å². The number of nitrogens with one attached hydrogen (secondary N) is 1. The average Bonchev–Trinajstić information content (AvgIpc) is 2.24. The molecule has 0 saturated carbocycles. The molecule has 2 aromatic rings. The van der Waals surface area contributed by atoms with Crippen LogP contribution in [0.5, 0.6) is 0 Å². The number of rotatable bonds is 1. The van der Waals surface area contributed by atoms with E-state index < -0.39 is 0 Å². The maximum Gasteiger partial charge on any atom is 0.132 e. The molecule has 0 aliphatic rings. The van der Waals surface area contributed by atoms with Crippen LogP contribution in [0, 0.1) is 19.3 Å². The fourth-order valence-electron chi connectivity index (χ4n) is 1.43. The van der Waals surface area contributed by atoms with E-state index in [4.69, 9.17) is 5.41 Å². The van der Waals surface area contributed by atoms with Gasteiger partial charge < -0.3 is 4.57 Å². The van der Waals surface area contributed by atoms with Gasteiger partial charge in [0.2, 0.25) is 0 Å². The van der Waals surface area contributed by atoms with Crippen LogP contribution in [0.3, 0.4) is 0 Å². The van der Waals surface area contributed by atoms with Gasteiger partial charge in [-0.15, -0.1) is 0 Å². The van der Waals surface area contributed by atoms with Crippen molar-refractivity contribution in [2.24, 2.45) is 0 Å². The molecule has 76 valence electrons. The van der Waals surface area contributed by atoms with Crippen LogP contribution in [-0.4, -0.2) is 9.55 Å². The fraction of sp³-hybridized carbons (Fsp3) is 0.167. The Bertz CT molecular complexity index is 523. The predicted octanol–water partition coefficient (Wildman–Crippen LogP) is 1.97. The Kier molecular flexibility index (Phi) is 2.37. The molecule has 15 heavy (non-hydrogen) atoms. The van der Waals surface area contributed by atoms with Crippen LogP contribution in [0.25, 0.3) is 5.69 Å². The van der Waals surface area contributed by atoms with Gasteiger partial charge in [-0.2, -0.15) is 0 Å². The Morgan fingerprint density at radius 3 is 2.67 bits per heavy atom. The van der Waals surface area contributed by atoms with Crippen molar-refractivity contribution in [1.82, 2.24) is 9.55 Å². The summed E-state index contributed by atoms with van der Waals surface area (Å²) >= 11 is 0. The molecule has 0 fully saturated rings. The van der Waals surface area contributed by atoms with Gasteiger partial charge in [-0.25, -0.2) is 0 Å². The van der Waals surface area contributed by atoms with E-state index in [2.05, 4.69) is 4.98 Å². The number of hydrogen-bond acceptors (Lipinski definition) is 2. The number of pyridine rings is 2. The lowest BCUT2D eigenvalue weighted by Crippen LogP contribution is -2.19. The molecule has 0 spiro atoms. The lowest BCUT2D eigenvalue weighted by atomic mass is 10.3. The monoisotopic (exact) mass is 199 g/mol. The van der Waals surface area contributed by atoms with Gasteiger partial charge in [0.1, 0.15) is 5.49 Å². The molecule has 0 amide bonds. The van der Waals surface area contributed by atoms with Crippen molar-refractivity contribution in [3.8, 4) is 5.69 Å². The van der Waals surface area contributed by atoms with Crippen LogP contribution in [-0.2, 0) is 0 Å². The summed E-state index contributed by atoms with van der Waals surface area (Å²) in [6.45, 7) is 3.88. The lowest BCUT2D eigenvalue weighted by molar-refractivity contribution is 0.896. The average molecular weight is 199 g/mol. The first kappa shape index (κ1) is 9.65. The highest BCUT2D eigenvalue weighted by Gasteiger charge is 1.98. The number of aromatic nitrogens is 2. The van der Waals surface area contributed by atoms with E-state index in [1.54, 1.807) is 6.20 Å². The molecule has 1 N–H and O–H groups in total. The summed E-state index contributed by atoms with van der Waals surface area (Å²) in [6, 6.07) is 7.79. The van der Waals surface area contributed by atoms with Crippen LogP contribution in [0.2, 0.25) is 0 Å². The van der Waals surface area contributed by atoms with Gasteiger partial charge in [0.05, 0.1) is 11.9 Å². The summed E-state index contributed by atoms with van der Waals surface area (Å²) in [4.78, 5) is 4.22. The summed E-state index contributed by atoms with van der Waals surface area (Å²) < 4.78 is 1.82. The summed E-state index contributed by atoms with van der Waals surface area (Å²) in [7, 11) is 0.